The first-order chi connectivity index (χ1) is 13.0. The molecule has 3 rings (SSSR count). The van der Waals surface area contributed by atoms with Crippen molar-refractivity contribution in [1.82, 2.24) is 10.3 Å². The number of thiazole rings is 1. The highest BCUT2D eigenvalue weighted by atomic mass is 32.1. The molecule has 1 aliphatic rings. The van der Waals surface area contributed by atoms with E-state index in [1.807, 2.05) is 6.92 Å². The van der Waals surface area contributed by atoms with Crippen LogP contribution < -0.4 is 10.1 Å². The fourth-order valence-corrected chi connectivity index (χ4v) is 4.09. The smallest absolute Gasteiger partial charge is 0.335 e. The highest BCUT2D eigenvalue weighted by molar-refractivity contribution is 7.15. The average molecular weight is 388 g/mol. The van der Waals surface area contributed by atoms with Gasteiger partial charge in [0.1, 0.15) is 5.01 Å². The molecule has 2 aromatic rings. The topological polar surface area (TPSA) is 88.5 Å². The van der Waals surface area contributed by atoms with Gasteiger partial charge in [-0.25, -0.2) is 9.78 Å². The second kappa shape index (κ2) is 8.99. The SMILES string of the molecule is Cc1sc(-c2ccc(C(=O)O)cc2)nc1OCC(=O)NC1CCCCCC1. The predicted molar refractivity (Wildman–Crippen MR) is 104 cm³/mol. The van der Waals surface area contributed by atoms with Crippen LogP contribution in [0.5, 0.6) is 5.88 Å². The maximum atomic E-state index is 12.2. The maximum absolute atomic E-state index is 12.2. The lowest BCUT2D eigenvalue weighted by atomic mass is 10.1. The molecular formula is C20H24N2O4S. The fourth-order valence-electron chi connectivity index (χ4n) is 3.22. The average Bonchev–Trinajstić information content (AvgIpc) is 2.85. The number of rotatable bonds is 6. The third kappa shape index (κ3) is 5.29. The fraction of sp³-hybridized carbons (Fsp3) is 0.450. The first kappa shape index (κ1) is 19.4. The maximum Gasteiger partial charge on any atom is 0.335 e. The van der Waals surface area contributed by atoms with Gasteiger partial charge in [0.15, 0.2) is 6.61 Å². The number of hydrogen-bond donors (Lipinski definition) is 2. The second-order valence-corrected chi connectivity index (χ2v) is 8.01. The summed E-state index contributed by atoms with van der Waals surface area (Å²) >= 11 is 1.46. The van der Waals surface area contributed by atoms with Crippen LogP contribution in [0.2, 0.25) is 0 Å². The van der Waals surface area contributed by atoms with Crippen LogP contribution in [0.4, 0.5) is 0 Å². The van der Waals surface area contributed by atoms with Crippen LogP contribution in [0, 0.1) is 6.92 Å². The van der Waals surface area contributed by atoms with Crippen LogP contribution in [0.25, 0.3) is 10.6 Å². The number of benzene rings is 1. The van der Waals surface area contributed by atoms with Crippen molar-refractivity contribution in [2.75, 3.05) is 6.61 Å². The Hall–Kier alpha value is -2.41. The summed E-state index contributed by atoms with van der Waals surface area (Å²) in [4.78, 5) is 28.5. The summed E-state index contributed by atoms with van der Waals surface area (Å²) in [5.41, 5.74) is 1.06. The zero-order valence-electron chi connectivity index (χ0n) is 15.4. The summed E-state index contributed by atoms with van der Waals surface area (Å²) in [6.45, 7) is 1.85. The molecular weight excluding hydrogens is 364 g/mol. The number of nitrogens with one attached hydrogen (secondary N) is 1. The summed E-state index contributed by atoms with van der Waals surface area (Å²) in [6, 6.07) is 6.81. The molecule has 0 radical (unpaired) electrons. The van der Waals surface area contributed by atoms with Crippen LogP contribution in [0.1, 0.15) is 53.8 Å². The number of amides is 1. The standard InChI is InChI=1S/C20H24N2O4S/c1-13-18(26-12-17(23)21-16-6-4-2-3-5-7-16)22-19(27-13)14-8-10-15(11-9-14)20(24)25/h8-11,16H,2-7,12H2,1H3,(H,21,23)(H,24,25). The minimum absolute atomic E-state index is 0.0432. The van der Waals surface area contributed by atoms with E-state index in [-0.39, 0.29) is 24.1 Å². The summed E-state index contributed by atoms with van der Waals surface area (Å²) in [6.07, 6.45) is 6.91. The second-order valence-electron chi connectivity index (χ2n) is 6.81. The molecule has 1 fully saturated rings. The van der Waals surface area contributed by atoms with Gasteiger partial charge < -0.3 is 15.2 Å². The number of carbonyl (C=O) groups excluding carboxylic acids is 1. The minimum atomic E-state index is -0.958. The normalized spacial score (nSPS) is 15.1. The highest BCUT2D eigenvalue weighted by Crippen LogP contribution is 2.32. The van der Waals surface area contributed by atoms with Crippen LogP contribution >= 0.6 is 11.3 Å². The number of hydrogen-bond acceptors (Lipinski definition) is 5. The minimum Gasteiger partial charge on any atom is -0.478 e. The van der Waals surface area contributed by atoms with Gasteiger partial charge in [-0.05, 0) is 31.9 Å². The van der Waals surface area contributed by atoms with Gasteiger partial charge in [0.05, 0.1) is 10.4 Å². The first-order valence-corrected chi connectivity index (χ1v) is 10.1. The summed E-state index contributed by atoms with van der Waals surface area (Å²) < 4.78 is 5.63. The summed E-state index contributed by atoms with van der Waals surface area (Å²) in [5.74, 6) is -0.615. The predicted octanol–water partition coefficient (Wildman–Crippen LogP) is 4.03. The van der Waals surface area contributed by atoms with Gasteiger partial charge in [0.25, 0.3) is 5.91 Å². The third-order valence-electron chi connectivity index (χ3n) is 4.69. The molecule has 1 amide bonds. The van der Waals surface area contributed by atoms with Crippen molar-refractivity contribution in [3.63, 3.8) is 0 Å². The highest BCUT2D eigenvalue weighted by Gasteiger charge is 2.17. The molecule has 0 unspecified atom stereocenters. The van der Waals surface area contributed by atoms with E-state index in [9.17, 15) is 9.59 Å². The molecule has 1 aromatic carbocycles. The molecule has 1 aliphatic carbocycles. The van der Waals surface area contributed by atoms with E-state index in [1.54, 1.807) is 24.3 Å². The van der Waals surface area contributed by atoms with Crippen LogP contribution in [0.15, 0.2) is 24.3 Å². The van der Waals surface area contributed by atoms with Gasteiger partial charge in [-0.1, -0.05) is 37.8 Å². The molecule has 0 spiro atoms. The molecule has 1 aromatic heterocycles. The first-order valence-electron chi connectivity index (χ1n) is 9.26. The monoisotopic (exact) mass is 388 g/mol. The van der Waals surface area contributed by atoms with E-state index in [4.69, 9.17) is 9.84 Å². The lowest BCUT2D eigenvalue weighted by Crippen LogP contribution is -2.37. The van der Waals surface area contributed by atoms with Gasteiger partial charge in [-0.15, -0.1) is 11.3 Å². The molecule has 2 N–H and O–H groups in total. The lowest BCUT2D eigenvalue weighted by Gasteiger charge is -2.16. The van der Waals surface area contributed by atoms with E-state index in [0.717, 1.165) is 28.3 Å². The summed E-state index contributed by atoms with van der Waals surface area (Å²) in [5, 5.41) is 12.8. The molecule has 7 heteroatoms. The van der Waals surface area contributed by atoms with Gasteiger partial charge >= 0.3 is 5.97 Å². The van der Waals surface area contributed by atoms with E-state index in [2.05, 4.69) is 10.3 Å². The Morgan fingerprint density at radius 1 is 1.19 bits per heavy atom. The van der Waals surface area contributed by atoms with Crippen molar-refractivity contribution in [1.29, 1.82) is 0 Å². The van der Waals surface area contributed by atoms with E-state index < -0.39 is 5.97 Å². The van der Waals surface area contributed by atoms with Crippen molar-refractivity contribution >= 4 is 23.2 Å². The van der Waals surface area contributed by atoms with Gasteiger partial charge in [0.2, 0.25) is 5.88 Å². The van der Waals surface area contributed by atoms with Gasteiger partial charge in [-0.2, -0.15) is 0 Å². The van der Waals surface area contributed by atoms with E-state index in [0.29, 0.717) is 5.88 Å². The molecule has 1 saturated carbocycles. The molecule has 27 heavy (non-hydrogen) atoms. The largest absolute Gasteiger partial charge is 0.478 e. The Bertz CT molecular complexity index is 793. The molecule has 0 aliphatic heterocycles. The Labute approximate surface area is 162 Å². The quantitative estimate of drug-likeness (QED) is 0.729. The number of nitrogens with zero attached hydrogens (tertiary/aromatic N) is 1. The van der Waals surface area contributed by atoms with Crippen molar-refractivity contribution in [2.24, 2.45) is 0 Å². The number of carboxylic acid groups (broad SMARTS) is 1. The molecule has 144 valence electrons. The van der Waals surface area contributed by atoms with Crippen molar-refractivity contribution in [3.8, 4) is 16.5 Å². The molecule has 6 nitrogen and oxygen atoms in total. The van der Waals surface area contributed by atoms with E-state index in [1.165, 1.54) is 37.0 Å². The molecule has 1 heterocycles. The number of carboxylic acids is 1. The van der Waals surface area contributed by atoms with Crippen molar-refractivity contribution < 1.29 is 19.4 Å². The van der Waals surface area contributed by atoms with E-state index >= 15 is 0 Å². The van der Waals surface area contributed by atoms with Crippen LogP contribution in [0.3, 0.4) is 0 Å². The van der Waals surface area contributed by atoms with Crippen molar-refractivity contribution in [3.05, 3.63) is 34.7 Å². The number of aromatic nitrogens is 1. The van der Waals surface area contributed by atoms with Crippen LogP contribution in [-0.2, 0) is 4.79 Å². The molecule has 0 saturated heterocycles. The number of ether oxygens (including phenoxy) is 1. The Balaban J connectivity index is 1.57. The lowest BCUT2D eigenvalue weighted by molar-refractivity contribution is -0.123. The Morgan fingerprint density at radius 2 is 1.85 bits per heavy atom. The van der Waals surface area contributed by atoms with Gasteiger partial charge in [0, 0.05) is 11.6 Å². The third-order valence-corrected chi connectivity index (χ3v) is 5.69. The van der Waals surface area contributed by atoms with Crippen molar-refractivity contribution in [2.45, 2.75) is 51.5 Å². The Kier molecular flexibility index (Phi) is 6.45. The Morgan fingerprint density at radius 3 is 2.48 bits per heavy atom. The van der Waals surface area contributed by atoms with Gasteiger partial charge in [-0.3, -0.25) is 4.79 Å². The summed E-state index contributed by atoms with van der Waals surface area (Å²) in [7, 11) is 0. The number of carbonyl (C=O) groups is 2. The zero-order chi connectivity index (χ0) is 19.2. The number of aromatic carboxylic acids is 1. The molecule has 0 atom stereocenters. The number of aryl methyl sites for hydroxylation is 1. The molecule has 0 bridgehead atoms. The van der Waals surface area contributed by atoms with Crippen LogP contribution in [-0.4, -0.2) is 34.6 Å². The zero-order valence-corrected chi connectivity index (χ0v) is 16.2.